The Bertz CT molecular complexity index is 318. The van der Waals surface area contributed by atoms with Crippen LogP contribution < -0.4 is 0 Å². The highest BCUT2D eigenvalue weighted by atomic mass is 32.2. The van der Waals surface area contributed by atoms with Gasteiger partial charge in [0.25, 0.3) is 0 Å². The fraction of sp³-hybridized carbons (Fsp3) is 0.833. The molecule has 1 amide bonds. The lowest BCUT2D eigenvalue weighted by Crippen LogP contribution is -2.38. The van der Waals surface area contributed by atoms with Crippen molar-refractivity contribution in [3.8, 4) is 0 Å². The summed E-state index contributed by atoms with van der Waals surface area (Å²) in [4.78, 5) is 24.8. The standard InChI is InChI=1S/C12H19NO3S2/c14-11(7-10-8-17-4-5-18-10)13-3-1-2-9(13)6-12(15)16/h9-10H,1-8H2,(H,15,16). The van der Waals surface area contributed by atoms with Crippen LogP contribution in [0.5, 0.6) is 0 Å². The second-order valence-corrected chi connectivity index (χ2v) is 7.31. The number of thioether (sulfide) groups is 2. The van der Waals surface area contributed by atoms with Crippen molar-refractivity contribution in [3.63, 3.8) is 0 Å². The predicted molar refractivity (Wildman–Crippen MR) is 75.2 cm³/mol. The van der Waals surface area contributed by atoms with Gasteiger partial charge in [0.2, 0.25) is 5.91 Å². The Hall–Kier alpha value is -0.360. The summed E-state index contributed by atoms with van der Waals surface area (Å²) in [5, 5.41) is 9.27. The smallest absolute Gasteiger partial charge is 0.305 e. The number of carboxylic acid groups (broad SMARTS) is 1. The molecular weight excluding hydrogens is 270 g/mol. The Kier molecular flexibility index (Phi) is 5.24. The van der Waals surface area contributed by atoms with E-state index in [0.717, 1.165) is 30.9 Å². The molecule has 0 aromatic carbocycles. The second-order valence-electron chi connectivity index (χ2n) is 4.75. The van der Waals surface area contributed by atoms with Crippen LogP contribution in [0, 0.1) is 0 Å². The molecule has 2 saturated heterocycles. The van der Waals surface area contributed by atoms with E-state index >= 15 is 0 Å². The summed E-state index contributed by atoms with van der Waals surface area (Å²) in [5.41, 5.74) is 0. The second kappa shape index (κ2) is 6.70. The van der Waals surface area contributed by atoms with Crippen molar-refractivity contribution in [2.75, 3.05) is 23.8 Å². The van der Waals surface area contributed by atoms with Crippen LogP contribution in [0.4, 0.5) is 0 Å². The van der Waals surface area contributed by atoms with E-state index in [2.05, 4.69) is 0 Å². The number of aliphatic carboxylic acids is 1. The molecule has 0 bridgehead atoms. The molecule has 0 spiro atoms. The molecule has 0 saturated carbocycles. The summed E-state index contributed by atoms with van der Waals surface area (Å²) >= 11 is 3.79. The zero-order chi connectivity index (χ0) is 13.0. The highest BCUT2D eigenvalue weighted by Gasteiger charge is 2.31. The van der Waals surface area contributed by atoms with Gasteiger partial charge in [-0.1, -0.05) is 0 Å². The largest absolute Gasteiger partial charge is 0.481 e. The number of carbonyl (C=O) groups excluding carboxylic acids is 1. The number of rotatable bonds is 4. The van der Waals surface area contributed by atoms with E-state index in [0.29, 0.717) is 11.7 Å². The van der Waals surface area contributed by atoms with Crippen molar-refractivity contribution >= 4 is 35.4 Å². The number of carbonyl (C=O) groups is 2. The van der Waals surface area contributed by atoms with Gasteiger partial charge in [0, 0.05) is 41.5 Å². The maximum absolute atomic E-state index is 12.2. The van der Waals surface area contributed by atoms with Gasteiger partial charge in [0.05, 0.1) is 6.42 Å². The van der Waals surface area contributed by atoms with Gasteiger partial charge in [-0.3, -0.25) is 9.59 Å². The fourth-order valence-electron chi connectivity index (χ4n) is 2.54. The van der Waals surface area contributed by atoms with Crippen molar-refractivity contribution in [2.45, 2.75) is 37.0 Å². The molecule has 2 fully saturated rings. The summed E-state index contributed by atoms with van der Waals surface area (Å²) < 4.78 is 0. The first-order valence-electron chi connectivity index (χ1n) is 6.37. The molecule has 2 unspecified atom stereocenters. The Labute approximate surface area is 116 Å². The molecule has 6 heteroatoms. The van der Waals surface area contributed by atoms with Crippen molar-refractivity contribution in [1.29, 1.82) is 0 Å². The molecule has 0 radical (unpaired) electrons. The normalized spacial score (nSPS) is 28.3. The van der Waals surface area contributed by atoms with E-state index in [1.807, 2.05) is 23.5 Å². The highest BCUT2D eigenvalue weighted by molar-refractivity contribution is 8.06. The van der Waals surface area contributed by atoms with Crippen molar-refractivity contribution in [1.82, 2.24) is 4.90 Å². The van der Waals surface area contributed by atoms with Crippen LogP contribution >= 0.6 is 23.5 Å². The monoisotopic (exact) mass is 289 g/mol. The molecule has 2 aliphatic rings. The predicted octanol–water partition coefficient (Wildman–Crippen LogP) is 1.69. The number of carboxylic acids is 1. The molecule has 1 N–H and O–H groups in total. The quantitative estimate of drug-likeness (QED) is 0.853. The summed E-state index contributed by atoms with van der Waals surface area (Å²) in [6.45, 7) is 0.737. The lowest BCUT2D eigenvalue weighted by Gasteiger charge is -2.27. The molecule has 2 rings (SSSR count). The topological polar surface area (TPSA) is 57.6 Å². The fourth-order valence-corrected chi connectivity index (χ4v) is 5.22. The Morgan fingerprint density at radius 2 is 2.11 bits per heavy atom. The SMILES string of the molecule is O=C(O)CC1CCCN1C(=O)CC1CSCCS1. The maximum atomic E-state index is 12.2. The summed E-state index contributed by atoms with van der Waals surface area (Å²) in [6, 6.07) is -0.0729. The number of amides is 1. The van der Waals surface area contributed by atoms with Gasteiger partial charge in [-0.2, -0.15) is 23.5 Å². The van der Waals surface area contributed by atoms with E-state index in [1.54, 1.807) is 4.90 Å². The summed E-state index contributed by atoms with van der Waals surface area (Å²) in [5.74, 6) is 2.71. The lowest BCUT2D eigenvalue weighted by molar-refractivity contribution is -0.139. The van der Waals surface area contributed by atoms with Crippen LogP contribution in [0.15, 0.2) is 0 Å². The van der Waals surface area contributed by atoms with E-state index in [-0.39, 0.29) is 18.4 Å². The van der Waals surface area contributed by atoms with Crippen molar-refractivity contribution in [2.24, 2.45) is 0 Å². The average molecular weight is 289 g/mol. The molecular formula is C12H19NO3S2. The van der Waals surface area contributed by atoms with Gasteiger partial charge in [-0.25, -0.2) is 0 Å². The Morgan fingerprint density at radius 1 is 1.28 bits per heavy atom. The third-order valence-corrected chi connectivity index (χ3v) is 6.24. The molecule has 0 aromatic heterocycles. The zero-order valence-electron chi connectivity index (χ0n) is 10.3. The van der Waals surface area contributed by atoms with Gasteiger partial charge in [-0.05, 0) is 12.8 Å². The van der Waals surface area contributed by atoms with Gasteiger partial charge in [0.15, 0.2) is 0 Å². The van der Waals surface area contributed by atoms with Crippen LogP contribution in [0.2, 0.25) is 0 Å². The molecule has 102 valence electrons. The Balaban J connectivity index is 1.84. The van der Waals surface area contributed by atoms with Crippen LogP contribution in [0.3, 0.4) is 0 Å². The highest BCUT2D eigenvalue weighted by Crippen LogP contribution is 2.28. The molecule has 2 aliphatic heterocycles. The van der Waals surface area contributed by atoms with E-state index in [9.17, 15) is 9.59 Å². The van der Waals surface area contributed by atoms with Crippen LogP contribution in [0.25, 0.3) is 0 Å². The molecule has 0 aromatic rings. The number of hydrogen-bond donors (Lipinski definition) is 1. The molecule has 0 aliphatic carbocycles. The minimum atomic E-state index is -0.803. The van der Waals surface area contributed by atoms with E-state index < -0.39 is 5.97 Å². The zero-order valence-corrected chi connectivity index (χ0v) is 12.0. The molecule has 2 heterocycles. The molecule has 2 atom stereocenters. The maximum Gasteiger partial charge on any atom is 0.305 e. The molecule has 4 nitrogen and oxygen atoms in total. The third-order valence-electron chi connectivity index (χ3n) is 3.39. The summed E-state index contributed by atoms with van der Waals surface area (Å²) in [6.07, 6.45) is 2.45. The summed E-state index contributed by atoms with van der Waals surface area (Å²) in [7, 11) is 0. The minimum Gasteiger partial charge on any atom is -0.481 e. The van der Waals surface area contributed by atoms with Crippen LogP contribution in [-0.4, -0.2) is 57.0 Å². The first kappa shape index (κ1) is 14.1. The van der Waals surface area contributed by atoms with E-state index in [4.69, 9.17) is 5.11 Å². The number of nitrogens with zero attached hydrogens (tertiary/aromatic N) is 1. The first-order valence-corrected chi connectivity index (χ1v) is 8.58. The van der Waals surface area contributed by atoms with Gasteiger partial charge < -0.3 is 10.0 Å². The van der Waals surface area contributed by atoms with Crippen LogP contribution in [0.1, 0.15) is 25.7 Å². The number of hydrogen-bond acceptors (Lipinski definition) is 4. The lowest BCUT2D eigenvalue weighted by atomic mass is 10.1. The van der Waals surface area contributed by atoms with Crippen molar-refractivity contribution in [3.05, 3.63) is 0 Å². The van der Waals surface area contributed by atoms with Crippen molar-refractivity contribution < 1.29 is 14.7 Å². The Morgan fingerprint density at radius 3 is 2.78 bits per heavy atom. The third kappa shape index (κ3) is 3.82. The van der Waals surface area contributed by atoms with Gasteiger partial charge in [0.1, 0.15) is 0 Å². The average Bonchev–Trinajstić information content (AvgIpc) is 2.77. The van der Waals surface area contributed by atoms with Gasteiger partial charge in [-0.15, -0.1) is 0 Å². The van der Waals surface area contributed by atoms with Gasteiger partial charge >= 0.3 is 5.97 Å². The van der Waals surface area contributed by atoms with E-state index in [1.165, 1.54) is 5.75 Å². The van der Waals surface area contributed by atoms with Crippen LogP contribution in [-0.2, 0) is 9.59 Å². The minimum absolute atomic E-state index is 0.0729. The first-order chi connectivity index (χ1) is 8.66. The number of likely N-dealkylation sites (tertiary alicyclic amines) is 1. The molecule has 18 heavy (non-hydrogen) atoms.